The van der Waals surface area contributed by atoms with Crippen molar-refractivity contribution < 1.29 is 4.74 Å². The zero-order valence-corrected chi connectivity index (χ0v) is 8.77. The fourth-order valence-electron chi connectivity index (χ4n) is 1.51. The molecule has 4 heteroatoms. The minimum Gasteiger partial charge on any atom is -0.495 e. The molecule has 0 bridgehead atoms. The van der Waals surface area contributed by atoms with Crippen LogP contribution in [0.15, 0.2) is 30.7 Å². The maximum absolute atomic E-state index is 5.74. The summed E-state index contributed by atoms with van der Waals surface area (Å²) in [6.45, 7) is 0. The Labute approximate surface area is 88.3 Å². The summed E-state index contributed by atoms with van der Waals surface area (Å²) >= 11 is 0. The van der Waals surface area contributed by atoms with Gasteiger partial charge in [0.15, 0.2) is 0 Å². The number of aromatic nitrogens is 2. The molecule has 0 aliphatic rings. The Morgan fingerprint density at radius 2 is 2.20 bits per heavy atom. The van der Waals surface area contributed by atoms with Crippen molar-refractivity contribution in [3.8, 4) is 17.0 Å². The molecule has 0 saturated carbocycles. The molecule has 1 heterocycles. The van der Waals surface area contributed by atoms with Gasteiger partial charge in [-0.15, -0.1) is 0 Å². The van der Waals surface area contributed by atoms with Crippen LogP contribution in [0.1, 0.15) is 0 Å². The third kappa shape index (κ3) is 1.66. The fourth-order valence-corrected chi connectivity index (χ4v) is 1.51. The zero-order chi connectivity index (χ0) is 10.8. The topological polar surface area (TPSA) is 53.1 Å². The molecule has 0 amide bonds. The van der Waals surface area contributed by atoms with Crippen molar-refractivity contribution in [3.63, 3.8) is 0 Å². The van der Waals surface area contributed by atoms with Crippen LogP contribution in [-0.4, -0.2) is 16.7 Å². The summed E-state index contributed by atoms with van der Waals surface area (Å²) < 4.78 is 7.12. The second-order valence-electron chi connectivity index (χ2n) is 3.35. The molecule has 0 fully saturated rings. The van der Waals surface area contributed by atoms with Gasteiger partial charge in [-0.1, -0.05) is 6.07 Å². The maximum atomic E-state index is 5.74. The lowest BCUT2D eigenvalue weighted by Gasteiger charge is -2.07. The van der Waals surface area contributed by atoms with Crippen LogP contribution in [0.25, 0.3) is 11.3 Å². The molecule has 0 aliphatic heterocycles. The van der Waals surface area contributed by atoms with Crippen molar-refractivity contribution in [1.29, 1.82) is 0 Å². The average molecular weight is 203 g/mol. The van der Waals surface area contributed by atoms with Crippen molar-refractivity contribution in [2.24, 2.45) is 7.05 Å². The van der Waals surface area contributed by atoms with Gasteiger partial charge in [0.25, 0.3) is 0 Å². The number of ether oxygens (including phenoxy) is 1. The van der Waals surface area contributed by atoms with E-state index < -0.39 is 0 Å². The second-order valence-corrected chi connectivity index (χ2v) is 3.35. The largest absolute Gasteiger partial charge is 0.495 e. The molecule has 0 saturated heterocycles. The van der Waals surface area contributed by atoms with E-state index in [0.29, 0.717) is 11.4 Å². The van der Waals surface area contributed by atoms with Crippen LogP contribution >= 0.6 is 0 Å². The number of imidazole rings is 1. The van der Waals surface area contributed by atoms with Gasteiger partial charge in [-0.2, -0.15) is 0 Å². The van der Waals surface area contributed by atoms with Gasteiger partial charge >= 0.3 is 0 Å². The monoisotopic (exact) mass is 203 g/mol. The summed E-state index contributed by atoms with van der Waals surface area (Å²) in [7, 11) is 3.56. The molecule has 0 radical (unpaired) electrons. The van der Waals surface area contributed by atoms with Gasteiger partial charge in [0.1, 0.15) is 5.75 Å². The van der Waals surface area contributed by atoms with Gasteiger partial charge in [-0.3, -0.25) is 0 Å². The Hall–Kier alpha value is -1.97. The van der Waals surface area contributed by atoms with E-state index >= 15 is 0 Å². The minimum atomic E-state index is 0.642. The molecule has 2 N–H and O–H groups in total. The van der Waals surface area contributed by atoms with E-state index in [-0.39, 0.29) is 0 Å². The number of benzene rings is 1. The van der Waals surface area contributed by atoms with Crippen LogP contribution in [0.3, 0.4) is 0 Å². The molecular formula is C11H13N3O. The van der Waals surface area contributed by atoms with Gasteiger partial charge < -0.3 is 15.0 Å². The zero-order valence-electron chi connectivity index (χ0n) is 8.77. The lowest BCUT2D eigenvalue weighted by Crippen LogP contribution is -1.94. The predicted octanol–water partition coefficient (Wildman–Crippen LogP) is 1.68. The highest BCUT2D eigenvalue weighted by Crippen LogP contribution is 2.28. The van der Waals surface area contributed by atoms with Crippen LogP contribution in [-0.2, 0) is 7.05 Å². The predicted molar refractivity (Wildman–Crippen MR) is 59.6 cm³/mol. The molecule has 1 aromatic carbocycles. The minimum absolute atomic E-state index is 0.642. The standard InChI is InChI=1S/C11H13N3O/c1-14-7-13-6-10(14)8-3-4-9(12)11(5-8)15-2/h3-7H,12H2,1-2H3. The molecule has 0 aliphatic carbocycles. The Kier molecular flexibility index (Phi) is 2.33. The highest BCUT2D eigenvalue weighted by Gasteiger charge is 2.05. The summed E-state index contributed by atoms with van der Waals surface area (Å²) in [5, 5.41) is 0. The second kappa shape index (κ2) is 3.65. The van der Waals surface area contributed by atoms with E-state index in [2.05, 4.69) is 4.98 Å². The molecule has 4 nitrogen and oxygen atoms in total. The van der Waals surface area contributed by atoms with Gasteiger partial charge in [-0.25, -0.2) is 4.98 Å². The van der Waals surface area contributed by atoms with E-state index in [4.69, 9.17) is 10.5 Å². The lowest BCUT2D eigenvalue weighted by atomic mass is 10.1. The number of aryl methyl sites for hydroxylation is 1. The number of hydrogen-bond donors (Lipinski definition) is 1. The molecule has 1 aromatic heterocycles. The van der Waals surface area contributed by atoms with Crippen molar-refractivity contribution in [1.82, 2.24) is 9.55 Å². The SMILES string of the molecule is COc1cc(-c2cncn2C)ccc1N. The van der Waals surface area contributed by atoms with Crippen LogP contribution in [0.4, 0.5) is 5.69 Å². The molecule has 0 unspecified atom stereocenters. The third-order valence-corrected chi connectivity index (χ3v) is 2.35. The first-order chi connectivity index (χ1) is 7.22. The molecular weight excluding hydrogens is 190 g/mol. The number of nitrogen functional groups attached to an aromatic ring is 1. The van der Waals surface area contributed by atoms with Crippen molar-refractivity contribution in [2.45, 2.75) is 0 Å². The number of nitrogens with zero attached hydrogens (tertiary/aromatic N) is 2. The van der Waals surface area contributed by atoms with Gasteiger partial charge in [-0.05, 0) is 12.1 Å². The van der Waals surface area contributed by atoms with E-state index in [0.717, 1.165) is 11.3 Å². The highest BCUT2D eigenvalue weighted by atomic mass is 16.5. The lowest BCUT2D eigenvalue weighted by molar-refractivity contribution is 0.417. The van der Waals surface area contributed by atoms with E-state index in [1.54, 1.807) is 13.4 Å². The maximum Gasteiger partial charge on any atom is 0.142 e. The molecule has 78 valence electrons. The summed E-state index contributed by atoms with van der Waals surface area (Å²) in [4.78, 5) is 4.07. The Bertz CT molecular complexity index is 476. The van der Waals surface area contributed by atoms with Gasteiger partial charge in [0, 0.05) is 12.6 Å². The quantitative estimate of drug-likeness (QED) is 0.755. The molecule has 2 rings (SSSR count). The fraction of sp³-hybridized carbons (Fsp3) is 0.182. The Morgan fingerprint density at radius 3 is 2.80 bits per heavy atom. The summed E-state index contributed by atoms with van der Waals surface area (Å²) in [5.74, 6) is 0.689. The normalized spacial score (nSPS) is 10.3. The van der Waals surface area contributed by atoms with Crippen LogP contribution in [0, 0.1) is 0 Å². The van der Waals surface area contributed by atoms with Crippen LogP contribution < -0.4 is 10.5 Å². The molecule has 0 atom stereocenters. The van der Waals surface area contributed by atoms with E-state index in [1.165, 1.54) is 0 Å². The number of nitrogens with two attached hydrogens (primary N) is 1. The number of rotatable bonds is 2. The summed E-state index contributed by atoms with van der Waals surface area (Å²) in [5.41, 5.74) is 8.46. The molecule has 0 spiro atoms. The van der Waals surface area contributed by atoms with Crippen molar-refractivity contribution >= 4 is 5.69 Å². The number of methoxy groups -OCH3 is 1. The Morgan fingerprint density at radius 1 is 1.40 bits per heavy atom. The third-order valence-electron chi connectivity index (χ3n) is 2.35. The highest BCUT2D eigenvalue weighted by molar-refractivity contribution is 5.67. The first-order valence-electron chi connectivity index (χ1n) is 4.62. The van der Waals surface area contributed by atoms with Crippen molar-refractivity contribution in [3.05, 3.63) is 30.7 Å². The molecule has 15 heavy (non-hydrogen) atoms. The average Bonchev–Trinajstić information content (AvgIpc) is 2.65. The van der Waals surface area contributed by atoms with Crippen LogP contribution in [0.5, 0.6) is 5.75 Å². The van der Waals surface area contributed by atoms with Crippen LogP contribution in [0.2, 0.25) is 0 Å². The smallest absolute Gasteiger partial charge is 0.142 e. The van der Waals surface area contributed by atoms with E-state index in [1.807, 2.05) is 36.0 Å². The van der Waals surface area contributed by atoms with Gasteiger partial charge in [0.05, 0.1) is 31.0 Å². The van der Waals surface area contributed by atoms with Gasteiger partial charge in [0.2, 0.25) is 0 Å². The summed E-state index contributed by atoms with van der Waals surface area (Å²) in [6, 6.07) is 5.70. The van der Waals surface area contributed by atoms with E-state index in [9.17, 15) is 0 Å². The number of anilines is 1. The number of hydrogen-bond acceptors (Lipinski definition) is 3. The Balaban J connectivity index is 2.51. The first kappa shape index (κ1) is 9.58. The molecule has 2 aromatic rings. The first-order valence-corrected chi connectivity index (χ1v) is 4.62. The summed E-state index contributed by atoms with van der Waals surface area (Å²) in [6.07, 6.45) is 3.57. The van der Waals surface area contributed by atoms with Crippen molar-refractivity contribution in [2.75, 3.05) is 12.8 Å².